The maximum absolute atomic E-state index is 12.2. The first-order valence-electron chi connectivity index (χ1n) is 7.59. The molecule has 0 radical (unpaired) electrons. The molecule has 124 valence electrons. The first kappa shape index (κ1) is 18.8. The summed E-state index contributed by atoms with van der Waals surface area (Å²) in [6.07, 6.45) is 3.39. The first-order chi connectivity index (χ1) is 10.7. The molecule has 0 bridgehead atoms. The minimum atomic E-state index is -0.185. The van der Waals surface area contributed by atoms with Crippen LogP contribution in [0.1, 0.15) is 36.5 Å². The molecule has 0 unspecified atom stereocenters. The fraction of sp³-hybridized carbons (Fsp3) is 0.278. The van der Waals surface area contributed by atoms with Gasteiger partial charge in [-0.3, -0.25) is 4.79 Å². The van der Waals surface area contributed by atoms with Crippen LogP contribution in [0.15, 0.2) is 48.5 Å². The summed E-state index contributed by atoms with van der Waals surface area (Å²) in [7, 11) is 0. The highest BCUT2D eigenvalue weighted by atomic mass is 35.5. The number of nitrogens with one attached hydrogen (secondary N) is 1. The molecule has 0 aromatic heterocycles. The molecule has 2 aromatic carbocycles. The quantitative estimate of drug-likeness (QED) is 0.578. The highest BCUT2D eigenvalue weighted by molar-refractivity contribution is 6.05. The summed E-state index contributed by atoms with van der Waals surface area (Å²) in [5, 5.41) is 2.80. The maximum atomic E-state index is 12.2. The smallest absolute Gasteiger partial charge is 0.255 e. The fourth-order valence-corrected chi connectivity index (χ4v) is 2.05. The van der Waals surface area contributed by atoms with E-state index in [4.69, 9.17) is 10.5 Å². The largest absolute Gasteiger partial charge is 0.494 e. The molecule has 0 heterocycles. The Morgan fingerprint density at radius 2 is 1.78 bits per heavy atom. The summed E-state index contributed by atoms with van der Waals surface area (Å²) in [5.41, 5.74) is 7.55. The van der Waals surface area contributed by atoms with Gasteiger partial charge in [0.15, 0.2) is 0 Å². The summed E-state index contributed by atoms with van der Waals surface area (Å²) in [5.74, 6) is 0.599. The highest BCUT2D eigenvalue weighted by Gasteiger charge is 2.07. The van der Waals surface area contributed by atoms with Gasteiger partial charge in [-0.15, -0.1) is 12.4 Å². The van der Waals surface area contributed by atoms with Crippen molar-refractivity contribution in [3.05, 3.63) is 54.1 Å². The van der Waals surface area contributed by atoms with Gasteiger partial charge in [0.1, 0.15) is 5.75 Å². The van der Waals surface area contributed by atoms with Crippen LogP contribution in [0, 0.1) is 0 Å². The van der Waals surface area contributed by atoms with E-state index < -0.39 is 0 Å². The second-order valence-corrected chi connectivity index (χ2v) is 5.12. The number of ether oxygens (including phenoxy) is 1. The number of nitrogens with two attached hydrogens (primary N) is 1. The summed E-state index contributed by atoms with van der Waals surface area (Å²) >= 11 is 0. The normalized spacial score (nSPS) is 9.78. The van der Waals surface area contributed by atoms with Gasteiger partial charge in [-0.1, -0.05) is 31.9 Å². The predicted octanol–water partition coefficient (Wildman–Crippen LogP) is 4.51. The summed E-state index contributed by atoms with van der Waals surface area (Å²) in [6, 6.07) is 14.3. The molecule has 0 saturated heterocycles. The Morgan fingerprint density at radius 1 is 1.09 bits per heavy atom. The minimum absolute atomic E-state index is 0. The van der Waals surface area contributed by atoms with Gasteiger partial charge in [-0.25, -0.2) is 0 Å². The monoisotopic (exact) mass is 334 g/mol. The van der Waals surface area contributed by atoms with Crippen molar-refractivity contribution in [1.29, 1.82) is 0 Å². The topological polar surface area (TPSA) is 64.3 Å². The summed E-state index contributed by atoms with van der Waals surface area (Å²) in [4.78, 5) is 12.2. The van der Waals surface area contributed by atoms with E-state index >= 15 is 0 Å². The van der Waals surface area contributed by atoms with E-state index in [1.807, 2.05) is 24.3 Å². The number of unbranched alkanes of at least 4 members (excludes halogenated alkanes) is 2. The number of carbonyl (C=O) groups excluding carboxylic acids is 1. The Kier molecular flexibility index (Phi) is 7.98. The molecule has 5 heteroatoms. The number of benzene rings is 2. The average molecular weight is 335 g/mol. The van der Waals surface area contributed by atoms with Crippen molar-refractivity contribution in [2.75, 3.05) is 17.7 Å². The lowest BCUT2D eigenvalue weighted by atomic mass is 10.2. The van der Waals surface area contributed by atoms with Crippen LogP contribution in [-0.2, 0) is 0 Å². The number of rotatable bonds is 7. The fourth-order valence-electron chi connectivity index (χ4n) is 2.05. The lowest BCUT2D eigenvalue weighted by molar-refractivity contribution is 0.102. The first-order valence-corrected chi connectivity index (χ1v) is 7.59. The standard InChI is InChI=1S/C18H22N2O2.ClH/c1-2-3-6-13-22-15-11-9-14(10-12-15)18(21)20-17-8-5-4-7-16(17)19;/h4-5,7-12H,2-3,6,13,19H2,1H3,(H,20,21);1H. The van der Waals surface area contributed by atoms with Crippen molar-refractivity contribution >= 4 is 29.7 Å². The van der Waals surface area contributed by atoms with Crippen LogP contribution in [0.5, 0.6) is 5.75 Å². The molecule has 0 aliphatic carbocycles. The number of amides is 1. The van der Waals surface area contributed by atoms with Crippen molar-refractivity contribution in [3.8, 4) is 5.75 Å². The van der Waals surface area contributed by atoms with Crippen LogP contribution >= 0.6 is 12.4 Å². The number of nitrogen functional groups attached to an aromatic ring is 1. The van der Waals surface area contributed by atoms with Gasteiger partial charge in [0.05, 0.1) is 18.0 Å². The molecule has 0 saturated carbocycles. The molecule has 2 rings (SSSR count). The van der Waals surface area contributed by atoms with Gasteiger partial charge in [0, 0.05) is 5.56 Å². The Labute approximate surface area is 143 Å². The van der Waals surface area contributed by atoms with Gasteiger partial charge in [-0.05, 0) is 42.8 Å². The Balaban J connectivity index is 0.00000264. The van der Waals surface area contributed by atoms with Crippen molar-refractivity contribution in [3.63, 3.8) is 0 Å². The van der Waals surface area contributed by atoms with E-state index in [1.165, 1.54) is 12.8 Å². The molecule has 0 aliphatic heterocycles. The number of para-hydroxylation sites is 2. The minimum Gasteiger partial charge on any atom is -0.494 e. The van der Waals surface area contributed by atoms with Crippen LogP contribution in [0.2, 0.25) is 0 Å². The van der Waals surface area contributed by atoms with Crippen LogP contribution in [-0.4, -0.2) is 12.5 Å². The third kappa shape index (κ3) is 5.83. The SMILES string of the molecule is CCCCCOc1ccc(C(=O)Nc2ccccc2N)cc1.Cl. The molecular weight excluding hydrogens is 312 g/mol. The van der Waals surface area contributed by atoms with E-state index in [1.54, 1.807) is 24.3 Å². The second-order valence-electron chi connectivity index (χ2n) is 5.12. The number of carbonyl (C=O) groups is 1. The average Bonchev–Trinajstić information content (AvgIpc) is 2.54. The molecule has 3 N–H and O–H groups in total. The van der Waals surface area contributed by atoms with E-state index in [2.05, 4.69) is 12.2 Å². The van der Waals surface area contributed by atoms with Crippen molar-refractivity contribution in [2.45, 2.75) is 26.2 Å². The molecule has 2 aromatic rings. The number of halogens is 1. The lowest BCUT2D eigenvalue weighted by Gasteiger charge is -2.09. The number of hydrogen-bond donors (Lipinski definition) is 2. The molecular formula is C18H23ClN2O2. The van der Waals surface area contributed by atoms with Crippen LogP contribution in [0.3, 0.4) is 0 Å². The zero-order valence-corrected chi connectivity index (χ0v) is 14.1. The summed E-state index contributed by atoms with van der Waals surface area (Å²) in [6.45, 7) is 2.87. The van der Waals surface area contributed by atoms with Crippen LogP contribution in [0.4, 0.5) is 11.4 Å². The van der Waals surface area contributed by atoms with Gasteiger partial charge < -0.3 is 15.8 Å². The number of anilines is 2. The number of hydrogen-bond acceptors (Lipinski definition) is 3. The van der Waals surface area contributed by atoms with Gasteiger partial charge in [-0.2, -0.15) is 0 Å². The molecule has 0 spiro atoms. The second kappa shape index (κ2) is 9.74. The Bertz CT molecular complexity index is 615. The third-order valence-corrected chi connectivity index (χ3v) is 3.34. The molecule has 0 fully saturated rings. The Hall–Kier alpha value is -2.20. The van der Waals surface area contributed by atoms with Crippen LogP contribution in [0.25, 0.3) is 0 Å². The van der Waals surface area contributed by atoms with E-state index in [9.17, 15) is 4.79 Å². The predicted molar refractivity (Wildman–Crippen MR) is 97.5 cm³/mol. The molecule has 1 amide bonds. The van der Waals surface area contributed by atoms with Crippen molar-refractivity contribution < 1.29 is 9.53 Å². The summed E-state index contributed by atoms with van der Waals surface area (Å²) < 4.78 is 5.63. The van der Waals surface area contributed by atoms with E-state index in [0.29, 0.717) is 23.5 Å². The zero-order valence-electron chi connectivity index (χ0n) is 13.2. The van der Waals surface area contributed by atoms with Crippen molar-refractivity contribution in [2.24, 2.45) is 0 Å². The molecule has 23 heavy (non-hydrogen) atoms. The molecule has 0 atom stereocenters. The van der Waals surface area contributed by atoms with E-state index in [-0.39, 0.29) is 18.3 Å². The molecule has 0 aliphatic rings. The maximum Gasteiger partial charge on any atom is 0.255 e. The van der Waals surface area contributed by atoms with Gasteiger partial charge in [0.25, 0.3) is 5.91 Å². The van der Waals surface area contributed by atoms with Gasteiger partial charge >= 0.3 is 0 Å². The lowest BCUT2D eigenvalue weighted by Crippen LogP contribution is -2.13. The van der Waals surface area contributed by atoms with Crippen LogP contribution < -0.4 is 15.8 Å². The third-order valence-electron chi connectivity index (χ3n) is 3.34. The van der Waals surface area contributed by atoms with Crippen molar-refractivity contribution in [1.82, 2.24) is 0 Å². The zero-order chi connectivity index (χ0) is 15.8. The molecule has 4 nitrogen and oxygen atoms in total. The Morgan fingerprint density at radius 3 is 2.43 bits per heavy atom. The van der Waals surface area contributed by atoms with E-state index in [0.717, 1.165) is 12.2 Å². The highest BCUT2D eigenvalue weighted by Crippen LogP contribution is 2.19. The van der Waals surface area contributed by atoms with Gasteiger partial charge in [0.2, 0.25) is 0 Å².